The number of methoxy groups -OCH3 is 1. The van der Waals surface area contributed by atoms with E-state index in [1.165, 1.54) is 18.7 Å². The lowest BCUT2D eigenvalue weighted by molar-refractivity contribution is -0.115. The molecule has 3 rings (SSSR count). The third kappa shape index (κ3) is 5.58. The van der Waals surface area contributed by atoms with E-state index in [4.69, 9.17) is 9.15 Å². The van der Waals surface area contributed by atoms with Gasteiger partial charge in [0.1, 0.15) is 5.75 Å². The first-order valence-electron chi connectivity index (χ1n) is 8.77. The van der Waals surface area contributed by atoms with Gasteiger partial charge in [0.05, 0.1) is 12.4 Å². The molecule has 0 fully saturated rings. The number of hydrogen-bond acceptors (Lipinski definition) is 7. The van der Waals surface area contributed by atoms with E-state index in [2.05, 4.69) is 20.8 Å². The summed E-state index contributed by atoms with van der Waals surface area (Å²) < 4.78 is 10.8. The second kappa shape index (κ2) is 9.24. The van der Waals surface area contributed by atoms with E-state index in [0.29, 0.717) is 22.5 Å². The van der Waals surface area contributed by atoms with Gasteiger partial charge in [-0.25, -0.2) is 0 Å². The molecule has 0 saturated heterocycles. The fourth-order valence-corrected chi connectivity index (χ4v) is 3.08. The van der Waals surface area contributed by atoms with Gasteiger partial charge in [0, 0.05) is 23.9 Å². The number of amides is 2. The van der Waals surface area contributed by atoms with Crippen molar-refractivity contribution in [3.8, 4) is 17.2 Å². The smallest absolute Gasteiger partial charge is 0.277 e. The molecular formula is C20H20N4O4S. The van der Waals surface area contributed by atoms with Gasteiger partial charge in [0.25, 0.3) is 5.22 Å². The minimum atomic E-state index is -0.450. The standard InChI is InChI=1S/C20H20N4O4S/c1-12(18(26)22-16-8-6-15(7-9-16)21-13(2)25)29-20-24-23-19(28-20)14-4-10-17(27-3)11-5-14/h4-12H,1-3H3,(H,21,25)(H,22,26)/t12-/m1/s1. The van der Waals surface area contributed by atoms with E-state index in [9.17, 15) is 9.59 Å². The molecule has 2 aromatic carbocycles. The second-order valence-corrected chi connectivity index (χ2v) is 7.40. The minimum Gasteiger partial charge on any atom is -0.497 e. The van der Waals surface area contributed by atoms with Gasteiger partial charge < -0.3 is 19.8 Å². The Labute approximate surface area is 172 Å². The largest absolute Gasteiger partial charge is 0.497 e. The van der Waals surface area contributed by atoms with E-state index in [-0.39, 0.29) is 11.8 Å². The molecule has 0 bridgehead atoms. The van der Waals surface area contributed by atoms with Crippen molar-refractivity contribution in [2.45, 2.75) is 24.3 Å². The molecule has 3 aromatic rings. The number of ether oxygens (including phenoxy) is 1. The Balaban J connectivity index is 1.58. The second-order valence-electron chi connectivity index (χ2n) is 6.11. The predicted octanol–water partition coefficient (Wildman–Crippen LogP) is 3.82. The van der Waals surface area contributed by atoms with Crippen molar-refractivity contribution in [1.29, 1.82) is 0 Å². The number of anilines is 2. The van der Waals surface area contributed by atoms with Crippen LogP contribution in [0.1, 0.15) is 13.8 Å². The van der Waals surface area contributed by atoms with Gasteiger partial charge in [-0.1, -0.05) is 11.8 Å². The number of carbonyl (C=O) groups is 2. The van der Waals surface area contributed by atoms with Crippen molar-refractivity contribution in [3.05, 3.63) is 48.5 Å². The van der Waals surface area contributed by atoms with E-state index in [0.717, 1.165) is 11.3 Å². The fourth-order valence-electron chi connectivity index (χ4n) is 2.40. The normalized spacial score (nSPS) is 11.6. The van der Waals surface area contributed by atoms with Crippen LogP contribution in [0.2, 0.25) is 0 Å². The summed E-state index contributed by atoms with van der Waals surface area (Å²) >= 11 is 1.17. The zero-order valence-electron chi connectivity index (χ0n) is 16.1. The maximum atomic E-state index is 12.4. The minimum absolute atomic E-state index is 0.152. The summed E-state index contributed by atoms with van der Waals surface area (Å²) in [6.07, 6.45) is 0. The van der Waals surface area contributed by atoms with E-state index in [1.807, 2.05) is 12.1 Å². The van der Waals surface area contributed by atoms with E-state index < -0.39 is 5.25 Å². The van der Waals surface area contributed by atoms with E-state index in [1.54, 1.807) is 50.4 Å². The summed E-state index contributed by atoms with van der Waals surface area (Å²) in [5.74, 6) is 0.751. The first kappa shape index (κ1) is 20.4. The number of benzene rings is 2. The first-order chi connectivity index (χ1) is 13.9. The lowest BCUT2D eigenvalue weighted by atomic mass is 10.2. The van der Waals surface area contributed by atoms with Crippen molar-refractivity contribution in [3.63, 3.8) is 0 Å². The molecule has 2 amide bonds. The van der Waals surface area contributed by atoms with Gasteiger partial charge in [0.2, 0.25) is 17.7 Å². The lowest BCUT2D eigenvalue weighted by Crippen LogP contribution is -2.22. The van der Waals surface area contributed by atoms with Crippen LogP contribution in [0, 0.1) is 0 Å². The molecule has 2 N–H and O–H groups in total. The molecule has 0 aliphatic carbocycles. The summed E-state index contributed by atoms with van der Waals surface area (Å²) in [5.41, 5.74) is 2.05. The van der Waals surface area contributed by atoms with Crippen LogP contribution in [-0.4, -0.2) is 34.4 Å². The number of carbonyl (C=O) groups excluding carboxylic acids is 2. The van der Waals surface area contributed by atoms with Crippen molar-refractivity contribution < 1.29 is 18.7 Å². The number of thioether (sulfide) groups is 1. The molecule has 150 valence electrons. The third-order valence-electron chi connectivity index (χ3n) is 3.86. The Morgan fingerprint density at radius 2 is 1.62 bits per heavy atom. The van der Waals surface area contributed by atoms with Crippen LogP contribution < -0.4 is 15.4 Å². The van der Waals surface area contributed by atoms with Crippen LogP contribution in [0.4, 0.5) is 11.4 Å². The number of aromatic nitrogens is 2. The molecule has 1 heterocycles. The highest BCUT2D eigenvalue weighted by Crippen LogP contribution is 2.27. The van der Waals surface area contributed by atoms with Gasteiger partial charge >= 0.3 is 0 Å². The topological polar surface area (TPSA) is 106 Å². The lowest BCUT2D eigenvalue weighted by Gasteiger charge is -2.10. The highest BCUT2D eigenvalue weighted by atomic mass is 32.2. The van der Waals surface area contributed by atoms with Crippen LogP contribution in [-0.2, 0) is 9.59 Å². The quantitative estimate of drug-likeness (QED) is 0.568. The van der Waals surface area contributed by atoms with Crippen LogP contribution in [0.5, 0.6) is 5.75 Å². The molecule has 0 radical (unpaired) electrons. The summed E-state index contributed by atoms with van der Waals surface area (Å²) in [4.78, 5) is 23.5. The molecule has 0 aliphatic heterocycles. The monoisotopic (exact) mass is 412 g/mol. The highest BCUT2D eigenvalue weighted by molar-refractivity contribution is 8.00. The summed E-state index contributed by atoms with van der Waals surface area (Å²) in [6, 6.07) is 14.1. The Morgan fingerprint density at radius 1 is 1.00 bits per heavy atom. The maximum absolute atomic E-state index is 12.4. The number of nitrogens with zero attached hydrogens (tertiary/aromatic N) is 2. The van der Waals surface area contributed by atoms with Crippen molar-refractivity contribution in [2.24, 2.45) is 0 Å². The van der Waals surface area contributed by atoms with Crippen molar-refractivity contribution in [1.82, 2.24) is 10.2 Å². The third-order valence-corrected chi connectivity index (χ3v) is 4.80. The zero-order valence-corrected chi connectivity index (χ0v) is 16.9. The molecule has 29 heavy (non-hydrogen) atoms. The molecule has 1 aromatic heterocycles. The predicted molar refractivity (Wildman–Crippen MR) is 111 cm³/mol. The average molecular weight is 412 g/mol. The van der Waals surface area contributed by atoms with Crippen molar-refractivity contribution >= 4 is 35.0 Å². The maximum Gasteiger partial charge on any atom is 0.277 e. The summed E-state index contributed by atoms with van der Waals surface area (Å²) in [5, 5.41) is 13.4. The van der Waals surface area contributed by atoms with Crippen LogP contribution >= 0.6 is 11.8 Å². The summed E-state index contributed by atoms with van der Waals surface area (Å²) in [7, 11) is 1.60. The van der Waals surface area contributed by atoms with Gasteiger partial charge in [0.15, 0.2) is 0 Å². The molecule has 8 nitrogen and oxygen atoms in total. The van der Waals surface area contributed by atoms with Gasteiger partial charge in [-0.15, -0.1) is 10.2 Å². The Morgan fingerprint density at radius 3 is 2.21 bits per heavy atom. The molecular weight excluding hydrogens is 392 g/mol. The van der Waals surface area contributed by atoms with Gasteiger partial charge in [-0.05, 0) is 55.5 Å². The molecule has 0 unspecified atom stereocenters. The molecule has 0 spiro atoms. The average Bonchev–Trinajstić information content (AvgIpc) is 3.17. The Bertz CT molecular complexity index is 986. The zero-order chi connectivity index (χ0) is 20.8. The van der Waals surface area contributed by atoms with Gasteiger partial charge in [-0.2, -0.15) is 0 Å². The molecule has 9 heteroatoms. The summed E-state index contributed by atoms with van der Waals surface area (Å²) in [6.45, 7) is 3.19. The van der Waals surface area contributed by atoms with E-state index >= 15 is 0 Å². The number of nitrogens with one attached hydrogen (secondary N) is 2. The molecule has 0 saturated carbocycles. The molecule has 1 atom stereocenters. The van der Waals surface area contributed by atoms with Crippen LogP contribution in [0.3, 0.4) is 0 Å². The fraction of sp³-hybridized carbons (Fsp3) is 0.200. The van der Waals surface area contributed by atoms with Crippen LogP contribution in [0.15, 0.2) is 58.2 Å². The Hall–Kier alpha value is -3.33. The molecule has 0 aliphatic rings. The Kier molecular flexibility index (Phi) is 6.50. The SMILES string of the molecule is COc1ccc(-c2nnc(S[C@H](C)C(=O)Nc3ccc(NC(C)=O)cc3)o2)cc1. The van der Waals surface area contributed by atoms with Gasteiger partial charge in [-0.3, -0.25) is 9.59 Å². The van der Waals surface area contributed by atoms with Crippen molar-refractivity contribution in [2.75, 3.05) is 17.7 Å². The first-order valence-corrected chi connectivity index (χ1v) is 9.65. The highest BCUT2D eigenvalue weighted by Gasteiger charge is 2.19. The van der Waals surface area contributed by atoms with Crippen LogP contribution in [0.25, 0.3) is 11.5 Å². The number of hydrogen-bond donors (Lipinski definition) is 2. The number of rotatable bonds is 7.